The van der Waals surface area contributed by atoms with Crippen LogP contribution in [0.1, 0.15) is 23.3 Å². The van der Waals surface area contributed by atoms with E-state index in [1.54, 1.807) is 11.3 Å². The first-order valence-corrected chi connectivity index (χ1v) is 7.09. The molecule has 2 aromatic heterocycles. The summed E-state index contributed by atoms with van der Waals surface area (Å²) in [5.74, 6) is 0.414. The van der Waals surface area contributed by atoms with Gasteiger partial charge in [0.15, 0.2) is 6.61 Å². The van der Waals surface area contributed by atoms with Gasteiger partial charge in [-0.1, -0.05) is 0 Å². The molecular formula is C13H15N3O2S. The molecule has 3 rings (SSSR count). The van der Waals surface area contributed by atoms with Gasteiger partial charge in [0.1, 0.15) is 11.2 Å². The number of nitrogens with zero attached hydrogens (tertiary/aromatic N) is 2. The molecule has 0 spiro atoms. The van der Waals surface area contributed by atoms with Crippen LogP contribution < -0.4 is 10.1 Å². The quantitative estimate of drug-likeness (QED) is 0.928. The Bertz CT molecular complexity index is 634. The molecule has 1 amide bonds. The molecule has 0 bridgehead atoms. The molecule has 19 heavy (non-hydrogen) atoms. The van der Waals surface area contributed by atoms with E-state index < -0.39 is 0 Å². The van der Waals surface area contributed by atoms with Crippen LogP contribution in [-0.4, -0.2) is 28.5 Å². The SMILES string of the molecule is Cc1sc2ncnc(OCC(=O)NC3CC3)c2c1C. The van der Waals surface area contributed by atoms with Crippen LogP contribution in [0.25, 0.3) is 10.2 Å². The summed E-state index contributed by atoms with van der Waals surface area (Å²) < 4.78 is 5.55. The fourth-order valence-electron chi connectivity index (χ4n) is 1.89. The zero-order chi connectivity index (χ0) is 13.4. The summed E-state index contributed by atoms with van der Waals surface area (Å²) in [4.78, 5) is 22.1. The third-order valence-electron chi connectivity index (χ3n) is 3.21. The first-order valence-electron chi connectivity index (χ1n) is 6.28. The number of hydrogen-bond donors (Lipinski definition) is 1. The van der Waals surface area contributed by atoms with E-state index in [1.807, 2.05) is 13.8 Å². The maximum absolute atomic E-state index is 11.6. The number of nitrogens with one attached hydrogen (secondary N) is 1. The highest BCUT2D eigenvalue weighted by atomic mass is 32.1. The Labute approximate surface area is 115 Å². The predicted octanol–water partition coefficient (Wildman–Crippen LogP) is 1.97. The van der Waals surface area contributed by atoms with E-state index in [4.69, 9.17) is 4.74 Å². The smallest absolute Gasteiger partial charge is 0.258 e. The molecule has 1 saturated carbocycles. The molecule has 0 aromatic carbocycles. The highest BCUT2D eigenvalue weighted by molar-refractivity contribution is 7.18. The van der Waals surface area contributed by atoms with Crippen LogP contribution in [0, 0.1) is 13.8 Å². The Kier molecular flexibility index (Phi) is 3.10. The van der Waals surface area contributed by atoms with Crippen LogP contribution in [0.3, 0.4) is 0 Å². The van der Waals surface area contributed by atoms with Gasteiger partial charge in [-0.25, -0.2) is 9.97 Å². The van der Waals surface area contributed by atoms with Crippen LogP contribution in [0.2, 0.25) is 0 Å². The first kappa shape index (κ1) is 12.3. The number of thiophene rings is 1. The lowest BCUT2D eigenvalue weighted by molar-refractivity contribution is -0.123. The lowest BCUT2D eigenvalue weighted by Gasteiger charge is -2.07. The van der Waals surface area contributed by atoms with Crippen molar-refractivity contribution in [2.45, 2.75) is 32.7 Å². The van der Waals surface area contributed by atoms with E-state index in [0.29, 0.717) is 11.9 Å². The molecule has 2 heterocycles. The summed E-state index contributed by atoms with van der Waals surface area (Å²) in [7, 11) is 0. The standard InChI is InChI=1S/C13H15N3O2S/c1-7-8(2)19-13-11(7)12(14-6-15-13)18-5-10(17)16-9-3-4-9/h6,9H,3-5H2,1-2H3,(H,16,17). The number of amides is 1. The predicted molar refractivity (Wildman–Crippen MR) is 73.5 cm³/mol. The second-order valence-corrected chi connectivity index (χ2v) is 5.98. The molecule has 0 atom stereocenters. The molecule has 0 unspecified atom stereocenters. The van der Waals surface area contributed by atoms with Crippen molar-refractivity contribution < 1.29 is 9.53 Å². The number of aromatic nitrogens is 2. The van der Waals surface area contributed by atoms with Crippen molar-refractivity contribution in [3.05, 3.63) is 16.8 Å². The molecule has 1 aliphatic rings. The lowest BCUT2D eigenvalue weighted by atomic mass is 10.2. The zero-order valence-corrected chi connectivity index (χ0v) is 11.7. The van der Waals surface area contributed by atoms with Crippen molar-refractivity contribution in [1.82, 2.24) is 15.3 Å². The second-order valence-electron chi connectivity index (χ2n) is 4.77. The summed E-state index contributed by atoms with van der Waals surface area (Å²) in [6.45, 7) is 4.08. The minimum atomic E-state index is -0.0844. The second kappa shape index (κ2) is 4.77. The van der Waals surface area contributed by atoms with Crippen molar-refractivity contribution in [2.75, 3.05) is 6.61 Å². The van der Waals surface area contributed by atoms with Crippen LogP contribution in [0.4, 0.5) is 0 Å². The molecule has 1 aliphatic carbocycles. The summed E-state index contributed by atoms with van der Waals surface area (Å²) in [5, 5.41) is 3.81. The molecule has 5 nitrogen and oxygen atoms in total. The van der Waals surface area contributed by atoms with Gasteiger partial charge in [-0.05, 0) is 32.3 Å². The molecule has 2 aromatic rings. The minimum Gasteiger partial charge on any atom is -0.467 e. The average molecular weight is 277 g/mol. The third-order valence-corrected chi connectivity index (χ3v) is 4.33. The first-order chi connectivity index (χ1) is 9.15. The Morgan fingerprint density at radius 2 is 2.26 bits per heavy atom. The highest BCUT2D eigenvalue weighted by Gasteiger charge is 2.23. The molecule has 1 N–H and O–H groups in total. The third kappa shape index (κ3) is 2.53. The normalized spacial score (nSPS) is 14.6. The monoisotopic (exact) mass is 277 g/mol. The zero-order valence-electron chi connectivity index (χ0n) is 10.9. The minimum absolute atomic E-state index is 0.0109. The summed E-state index contributed by atoms with van der Waals surface area (Å²) in [5.41, 5.74) is 1.12. The number of hydrogen-bond acceptors (Lipinski definition) is 5. The summed E-state index contributed by atoms with van der Waals surface area (Å²) >= 11 is 1.62. The average Bonchev–Trinajstić information content (AvgIpc) is 3.14. The maximum Gasteiger partial charge on any atom is 0.258 e. The Balaban J connectivity index is 1.78. The highest BCUT2D eigenvalue weighted by Crippen LogP contribution is 2.33. The topological polar surface area (TPSA) is 64.1 Å². The molecule has 0 radical (unpaired) electrons. The lowest BCUT2D eigenvalue weighted by Crippen LogP contribution is -2.30. The van der Waals surface area contributed by atoms with Gasteiger partial charge in [-0.2, -0.15) is 0 Å². The van der Waals surface area contributed by atoms with Crippen LogP contribution in [0.5, 0.6) is 5.88 Å². The molecular weight excluding hydrogens is 262 g/mol. The molecule has 6 heteroatoms. The fourth-order valence-corrected chi connectivity index (χ4v) is 2.88. The Hall–Kier alpha value is -1.69. The number of fused-ring (bicyclic) bond motifs is 1. The van der Waals surface area contributed by atoms with Crippen molar-refractivity contribution in [1.29, 1.82) is 0 Å². The van der Waals surface area contributed by atoms with Gasteiger partial charge in [0, 0.05) is 10.9 Å². The van der Waals surface area contributed by atoms with Crippen LogP contribution in [-0.2, 0) is 4.79 Å². The van der Waals surface area contributed by atoms with Crippen molar-refractivity contribution >= 4 is 27.5 Å². The van der Waals surface area contributed by atoms with E-state index in [0.717, 1.165) is 28.6 Å². The van der Waals surface area contributed by atoms with Crippen LogP contribution >= 0.6 is 11.3 Å². The van der Waals surface area contributed by atoms with E-state index in [-0.39, 0.29) is 12.5 Å². The largest absolute Gasteiger partial charge is 0.467 e. The van der Waals surface area contributed by atoms with Crippen molar-refractivity contribution in [3.8, 4) is 5.88 Å². The van der Waals surface area contributed by atoms with Gasteiger partial charge >= 0.3 is 0 Å². The van der Waals surface area contributed by atoms with Gasteiger partial charge in [-0.3, -0.25) is 4.79 Å². The maximum atomic E-state index is 11.6. The molecule has 100 valence electrons. The van der Waals surface area contributed by atoms with E-state index in [1.165, 1.54) is 11.2 Å². The van der Waals surface area contributed by atoms with E-state index >= 15 is 0 Å². The molecule has 1 fully saturated rings. The number of aryl methyl sites for hydroxylation is 2. The van der Waals surface area contributed by atoms with Crippen molar-refractivity contribution in [3.63, 3.8) is 0 Å². The van der Waals surface area contributed by atoms with Gasteiger partial charge in [0.25, 0.3) is 5.91 Å². The summed E-state index contributed by atoms with van der Waals surface area (Å²) in [6.07, 6.45) is 3.63. The van der Waals surface area contributed by atoms with E-state index in [2.05, 4.69) is 15.3 Å². The van der Waals surface area contributed by atoms with Gasteiger partial charge in [0.05, 0.1) is 5.39 Å². The van der Waals surface area contributed by atoms with Crippen LogP contribution in [0.15, 0.2) is 6.33 Å². The fraction of sp³-hybridized carbons (Fsp3) is 0.462. The van der Waals surface area contributed by atoms with Gasteiger partial charge < -0.3 is 10.1 Å². The summed E-state index contributed by atoms with van der Waals surface area (Å²) in [6, 6.07) is 0.353. The molecule has 0 aliphatic heterocycles. The van der Waals surface area contributed by atoms with Crippen molar-refractivity contribution in [2.24, 2.45) is 0 Å². The Morgan fingerprint density at radius 1 is 1.47 bits per heavy atom. The van der Waals surface area contributed by atoms with E-state index in [9.17, 15) is 4.79 Å². The molecule has 0 saturated heterocycles. The van der Waals surface area contributed by atoms with Gasteiger partial charge in [0.2, 0.25) is 5.88 Å². The number of rotatable bonds is 4. The number of carbonyl (C=O) groups excluding carboxylic acids is 1. The number of ether oxygens (including phenoxy) is 1. The number of carbonyl (C=O) groups is 1. The Morgan fingerprint density at radius 3 is 3.00 bits per heavy atom. The van der Waals surface area contributed by atoms with Gasteiger partial charge in [-0.15, -0.1) is 11.3 Å².